The van der Waals surface area contributed by atoms with Crippen LogP contribution in [0.4, 0.5) is 0 Å². The van der Waals surface area contributed by atoms with Crippen molar-refractivity contribution in [2.45, 2.75) is 13.0 Å². The fourth-order valence-electron chi connectivity index (χ4n) is 4.17. The largest absolute Gasteiger partial charge is 0.481 e. The highest BCUT2D eigenvalue weighted by Gasteiger charge is 2.37. The van der Waals surface area contributed by atoms with Crippen molar-refractivity contribution >= 4 is 28.3 Å². The third-order valence-corrected chi connectivity index (χ3v) is 5.77. The lowest BCUT2D eigenvalue weighted by atomic mass is 9.90. The van der Waals surface area contributed by atoms with Gasteiger partial charge in [0, 0.05) is 24.7 Å². The van der Waals surface area contributed by atoms with E-state index in [-0.39, 0.29) is 11.8 Å². The fourth-order valence-corrected chi connectivity index (χ4v) is 4.30. The molecule has 3 nitrogen and oxygen atoms in total. The standard InChI is InChI=1S/C23H22ClNO2/c24-20-10-8-16(9-11-20)12-19-14-25(15-22(19)23(26)27)13-18-6-3-5-17-4-1-2-7-21(17)18/h1-11,19,22H,12-15H2,(H,26,27)/t19-,22-/m0/s1. The number of hydrogen-bond acceptors (Lipinski definition) is 2. The first-order valence-electron chi connectivity index (χ1n) is 9.26. The van der Waals surface area contributed by atoms with E-state index in [1.54, 1.807) is 0 Å². The zero-order chi connectivity index (χ0) is 18.8. The van der Waals surface area contributed by atoms with E-state index >= 15 is 0 Å². The second kappa shape index (κ2) is 7.71. The maximum Gasteiger partial charge on any atom is 0.308 e. The van der Waals surface area contributed by atoms with Gasteiger partial charge in [-0.15, -0.1) is 0 Å². The second-order valence-corrected chi connectivity index (χ2v) is 7.80. The number of fused-ring (bicyclic) bond motifs is 1. The van der Waals surface area contributed by atoms with Crippen molar-refractivity contribution in [3.63, 3.8) is 0 Å². The van der Waals surface area contributed by atoms with Crippen LogP contribution in [-0.4, -0.2) is 29.1 Å². The first-order chi connectivity index (χ1) is 13.1. The van der Waals surface area contributed by atoms with Crippen molar-refractivity contribution in [1.29, 1.82) is 0 Å². The summed E-state index contributed by atoms with van der Waals surface area (Å²) in [5.74, 6) is -0.927. The van der Waals surface area contributed by atoms with Crippen molar-refractivity contribution < 1.29 is 9.90 Å². The summed E-state index contributed by atoms with van der Waals surface area (Å²) in [6.45, 7) is 2.17. The van der Waals surface area contributed by atoms with E-state index < -0.39 is 5.97 Å². The highest BCUT2D eigenvalue weighted by molar-refractivity contribution is 6.30. The molecule has 3 aromatic rings. The maximum atomic E-state index is 11.8. The summed E-state index contributed by atoms with van der Waals surface area (Å²) in [7, 11) is 0. The fraction of sp³-hybridized carbons (Fsp3) is 0.261. The van der Waals surface area contributed by atoms with Crippen molar-refractivity contribution in [2.75, 3.05) is 13.1 Å². The average molecular weight is 380 g/mol. The molecule has 1 fully saturated rings. The first kappa shape index (κ1) is 18.0. The summed E-state index contributed by atoms with van der Waals surface area (Å²) >= 11 is 5.97. The van der Waals surface area contributed by atoms with Gasteiger partial charge in [0.15, 0.2) is 0 Å². The van der Waals surface area contributed by atoms with Gasteiger partial charge in [-0.3, -0.25) is 9.69 Å². The Morgan fingerprint density at radius 1 is 1.00 bits per heavy atom. The normalized spacial score (nSPS) is 20.2. The van der Waals surface area contributed by atoms with Crippen LogP contribution in [0.5, 0.6) is 0 Å². The highest BCUT2D eigenvalue weighted by atomic mass is 35.5. The second-order valence-electron chi connectivity index (χ2n) is 7.37. The Morgan fingerprint density at radius 3 is 2.52 bits per heavy atom. The molecular weight excluding hydrogens is 358 g/mol. The molecule has 27 heavy (non-hydrogen) atoms. The molecule has 0 aliphatic carbocycles. The van der Waals surface area contributed by atoms with Gasteiger partial charge in [-0.05, 0) is 46.4 Å². The Balaban J connectivity index is 1.52. The summed E-state index contributed by atoms with van der Waals surface area (Å²) < 4.78 is 0. The lowest BCUT2D eigenvalue weighted by molar-refractivity contribution is -0.142. The van der Waals surface area contributed by atoms with Crippen LogP contribution in [0.25, 0.3) is 10.8 Å². The molecule has 2 atom stereocenters. The number of carbonyl (C=O) groups is 1. The molecule has 3 aromatic carbocycles. The molecular formula is C23H22ClNO2. The molecule has 1 heterocycles. The number of nitrogens with zero attached hydrogens (tertiary/aromatic N) is 1. The zero-order valence-electron chi connectivity index (χ0n) is 15.0. The van der Waals surface area contributed by atoms with Gasteiger partial charge < -0.3 is 5.11 Å². The quantitative estimate of drug-likeness (QED) is 0.687. The van der Waals surface area contributed by atoms with Gasteiger partial charge in [-0.2, -0.15) is 0 Å². The molecule has 0 bridgehead atoms. The minimum absolute atomic E-state index is 0.110. The predicted octanol–water partition coefficient (Wildman–Crippen LogP) is 4.87. The van der Waals surface area contributed by atoms with Gasteiger partial charge in [-0.25, -0.2) is 0 Å². The molecule has 4 rings (SSSR count). The van der Waals surface area contributed by atoms with Gasteiger partial charge in [0.05, 0.1) is 5.92 Å². The van der Waals surface area contributed by atoms with Crippen molar-refractivity contribution in [1.82, 2.24) is 4.90 Å². The van der Waals surface area contributed by atoms with E-state index in [0.29, 0.717) is 11.6 Å². The monoisotopic (exact) mass is 379 g/mol. The maximum absolute atomic E-state index is 11.8. The predicted molar refractivity (Wildman–Crippen MR) is 109 cm³/mol. The molecule has 4 heteroatoms. The molecule has 0 radical (unpaired) electrons. The van der Waals surface area contributed by atoms with Gasteiger partial charge in [0.25, 0.3) is 0 Å². The molecule has 0 saturated carbocycles. The Labute approximate surface area is 164 Å². The van der Waals surface area contributed by atoms with Crippen molar-refractivity contribution in [3.8, 4) is 0 Å². The number of hydrogen-bond donors (Lipinski definition) is 1. The molecule has 0 spiro atoms. The number of carboxylic acid groups (broad SMARTS) is 1. The molecule has 0 unspecified atom stereocenters. The van der Waals surface area contributed by atoms with Crippen LogP contribution < -0.4 is 0 Å². The van der Waals surface area contributed by atoms with Crippen LogP contribution in [0.3, 0.4) is 0 Å². The van der Waals surface area contributed by atoms with Gasteiger partial charge in [0.1, 0.15) is 0 Å². The summed E-state index contributed by atoms with van der Waals surface area (Å²) in [4.78, 5) is 14.1. The third kappa shape index (κ3) is 4.00. The lowest BCUT2D eigenvalue weighted by Gasteiger charge is -2.17. The van der Waals surface area contributed by atoms with Crippen LogP contribution in [0, 0.1) is 11.8 Å². The molecule has 1 aliphatic rings. The SMILES string of the molecule is O=C(O)[C@H]1CN(Cc2cccc3ccccc23)C[C@@H]1Cc1ccc(Cl)cc1. The summed E-state index contributed by atoms with van der Waals surface area (Å²) in [5, 5.41) is 12.9. The van der Waals surface area contributed by atoms with E-state index in [4.69, 9.17) is 11.6 Å². The third-order valence-electron chi connectivity index (χ3n) is 5.52. The summed E-state index contributed by atoms with van der Waals surface area (Å²) in [6.07, 6.45) is 0.764. The van der Waals surface area contributed by atoms with Crippen LogP contribution in [0.1, 0.15) is 11.1 Å². The number of halogens is 1. The van der Waals surface area contributed by atoms with Crippen molar-refractivity contribution in [2.24, 2.45) is 11.8 Å². The van der Waals surface area contributed by atoms with Crippen LogP contribution in [0.2, 0.25) is 5.02 Å². The molecule has 0 amide bonds. The van der Waals surface area contributed by atoms with Crippen molar-refractivity contribution in [3.05, 3.63) is 82.9 Å². The topological polar surface area (TPSA) is 40.5 Å². The van der Waals surface area contributed by atoms with Gasteiger partial charge >= 0.3 is 5.97 Å². The lowest BCUT2D eigenvalue weighted by Crippen LogP contribution is -2.24. The molecule has 1 N–H and O–H groups in total. The minimum Gasteiger partial charge on any atom is -0.481 e. The molecule has 138 valence electrons. The van der Waals surface area contributed by atoms with E-state index in [1.165, 1.54) is 16.3 Å². The van der Waals surface area contributed by atoms with E-state index in [0.717, 1.165) is 25.1 Å². The smallest absolute Gasteiger partial charge is 0.308 e. The number of rotatable bonds is 5. The Morgan fingerprint density at radius 2 is 1.74 bits per heavy atom. The number of likely N-dealkylation sites (tertiary alicyclic amines) is 1. The Hall–Kier alpha value is -2.36. The summed E-state index contributed by atoms with van der Waals surface area (Å²) in [6, 6.07) is 22.4. The zero-order valence-corrected chi connectivity index (χ0v) is 15.8. The molecule has 1 saturated heterocycles. The number of benzene rings is 3. The Kier molecular flexibility index (Phi) is 5.15. The summed E-state index contributed by atoms with van der Waals surface area (Å²) in [5.41, 5.74) is 2.40. The van der Waals surface area contributed by atoms with Crippen LogP contribution in [0.15, 0.2) is 66.7 Å². The van der Waals surface area contributed by atoms with Crippen LogP contribution in [-0.2, 0) is 17.8 Å². The molecule has 1 aliphatic heterocycles. The average Bonchev–Trinajstić information content (AvgIpc) is 3.06. The number of carboxylic acids is 1. The minimum atomic E-state index is -0.700. The Bertz CT molecular complexity index is 949. The van der Waals surface area contributed by atoms with E-state index in [9.17, 15) is 9.90 Å². The van der Waals surface area contributed by atoms with Crippen LogP contribution >= 0.6 is 11.6 Å². The molecule has 0 aromatic heterocycles. The number of aliphatic carboxylic acids is 1. The van der Waals surface area contributed by atoms with Gasteiger partial charge in [-0.1, -0.05) is 66.2 Å². The highest BCUT2D eigenvalue weighted by Crippen LogP contribution is 2.30. The van der Waals surface area contributed by atoms with E-state index in [1.807, 2.05) is 30.3 Å². The van der Waals surface area contributed by atoms with E-state index in [2.05, 4.69) is 41.3 Å². The first-order valence-corrected chi connectivity index (χ1v) is 9.64. The van der Waals surface area contributed by atoms with Gasteiger partial charge in [0.2, 0.25) is 0 Å².